The van der Waals surface area contributed by atoms with Crippen LogP contribution >= 0.6 is 0 Å². The highest BCUT2D eigenvalue weighted by atomic mass is 16.5. The third kappa shape index (κ3) is 4.84. The largest absolute Gasteiger partial charge is 0.489 e. The summed E-state index contributed by atoms with van der Waals surface area (Å²) in [6.07, 6.45) is 4.91. The second-order valence-electron chi connectivity index (χ2n) is 6.47. The summed E-state index contributed by atoms with van der Waals surface area (Å²) in [6.45, 7) is 0.431. The first kappa shape index (κ1) is 18.4. The fourth-order valence-electron chi connectivity index (χ4n) is 2.86. The van der Waals surface area contributed by atoms with Gasteiger partial charge in [0, 0.05) is 18.0 Å². The number of ether oxygens (including phenoxy) is 1. The molecule has 0 atom stereocenters. The van der Waals surface area contributed by atoms with E-state index in [2.05, 4.69) is 27.6 Å². The minimum atomic E-state index is -0.266. The number of carbonyl (C=O) groups excluding carboxylic acids is 1. The molecule has 1 heterocycles. The summed E-state index contributed by atoms with van der Waals surface area (Å²) in [5, 5.41) is 6.29. The molecule has 0 aliphatic carbocycles. The van der Waals surface area contributed by atoms with Crippen LogP contribution < -0.4 is 10.2 Å². The van der Waals surface area contributed by atoms with Crippen molar-refractivity contribution in [2.24, 2.45) is 5.10 Å². The molecule has 0 spiro atoms. The standard InChI is InChI=1S/C24H19N3O2/c28-24(27-26-16-18-11-13-25-14-12-18)21-7-5-19(6-8-21)17-29-23-10-9-20-3-1-2-4-22(20)15-23/h1-16H,17H2,(H,27,28)/b26-16+. The third-order valence-electron chi connectivity index (χ3n) is 4.43. The summed E-state index contributed by atoms with van der Waals surface area (Å²) < 4.78 is 5.89. The van der Waals surface area contributed by atoms with Crippen molar-refractivity contribution >= 4 is 22.9 Å². The molecule has 0 radical (unpaired) electrons. The summed E-state index contributed by atoms with van der Waals surface area (Å²) in [4.78, 5) is 16.1. The predicted octanol–water partition coefficient (Wildman–Crippen LogP) is 4.58. The molecular formula is C24H19N3O2. The lowest BCUT2D eigenvalue weighted by Crippen LogP contribution is -2.17. The molecule has 3 aromatic carbocycles. The van der Waals surface area contributed by atoms with Crippen LogP contribution in [-0.2, 0) is 6.61 Å². The average molecular weight is 381 g/mol. The van der Waals surface area contributed by atoms with Crippen LogP contribution in [0.25, 0.3) is 10.8 Å². The van der Waals surface area contributed by atoms with Gasteiger partial charge in [-0.1, -0.05) is 42.5 Å². The Balaban J connectivity index is 1.33. The van der Waals surface area contributed by atoms with Gasteiger partial charge < -0.3 is 4.74 Å². The summed E-state index contributed by atoms with van der Waals surface area (Å²) in [6, 6.07) is 25.1. The van der Waals surface area contributed by atoms with Crippen LogP contribution in [0.2, 0.25) is 0 Å². The number of carbonyl (C=O) groups is 1. The number of aromatic nitrogens is 1. The summed E-state index contributed by atoms with van der Waals surface area (Å²) in [5.74, 6) is 0.549. The van der Waals surface area contributed by atoms with E-state index in [9.17, 15) is 4.79 Å². The van der Waals surface area contributed by atoms with Crippen LogP contribution in [0.1, 0.15) is 21.5 Å². The first-order valence-corrected chi connectivity index (χ1v) is 9.22. The number of pyridine rings is 1. The smallest absolute Gasteiger partial charge is 0.271 e. The van der Waals surface area contributed by atoms with Crippen LogP contribution in [0.4, 0.5) is 0 Å². The maximum atomic E-state index is 12.2. The number of hydrogen-bond acceptors (Lipinski definition) is 4. The van der Waals surface area contributed by atoms with E-state index in [0.717, 1.165) is 22.3 Å². The van der Waals surface area contributed by atoms with Crippen LogP contribution in [-0.4, -0.2) is 17.1 Å². The number of hydrogen-bond donors (Lipinski definition) is 1. The van der Waals surface area contributed by atoms with Gasteiger partial charge in [-0.2, -0.15) is 5.10 Å². The maximum absolute atomic E-state index is 12.2. The van der Waals surface area contributed by atoms with Gasteiger partial charge >= 0.3 is 0 Å². The average Bonchev–Trinajstić information content (AvgIpc) is 2.78. The number of fused-ring (bicyclic) bond motifs is 1. The second kappa shape index (κ2) is 8.80. The minimum Gasteiger partial charge on any atom is -0.489 e. The van der Waals surface area contributed by atoms with Gasteiger partial charge in [0.05, 0.1) is 6.21 Å². The zero-order valence-electron chi connectivity index (χ0n) is 15.7. The fraction of sp³-hybridized carbons (Fsp3) is 0.0417. The Labute approximate surface area is 168 Å². The number of amides is 1. The van der Waals surface area contributed by atoms with Crippen LogP contribution in [0.5, 0.6) is 5.75 Å². The molecule has 0 aliphatic heterocycles. The quantitative estimate of drug-likeness (QED) is 0.393. The fourth-order valence-corrected chi connectivity index (χ4v) is 2.86. The number of nitrogens with zero attached hydrogens (tertiary/aromatic N) is 2. The Kier molecular flexibility index (Phi) is 5.58. The molecule has 5 nitrogen and oxygen atoms in total. The Morgan fingerprint density at radius 3 is 2.48 bits per heavy atom. The topological polar surface area (TPSA) is 63.6 Å². The molecule has 142 valence electrons. The molecule has 1 amide bonds. The molecule has 0 aliphatic rings. The van der Waals surface area contributed by atoms with E-state index in [0.29, 0.717) is 12.2 Å². The van der Waals surface area contributed by atoms with Gasteiger partial charge in [-0.25, -0.2) is 5.43 Å². The van der Waals surface area contributed by atoms with Gasteiger partial charge in [0.15, 0.2) is 0 Å². The molecule has 0 saturated carbocycles. The Bertz CT molecular complexity index is 1140. The summed E-state index contributed by atoms with van der Waals surface area (Å²) in [5.41, 5.74) is 4.90. The number of benzene rings is 3. The molecule has 5 heteroatoms. The van der Waals surface area contributed by atoms with E-state index < -0.39 is 0 Å². The van der Waals surface area contributed by atoms with Crippen molar-refractivity contribution in [3.05, 3.63) is 108 Å². The van der Waals surface area contributed by atoms with E-state index in [1.807, 2.05) is 42.5 Å². The van der Waals surface area contributed by atoms with Gasteiger partial charge in [-0.3, -0.25) is 9.78 Å². The highest BCUT2D eigenvalue weighted by Gasteiger charge is 2.05. The van der Waals surface area contributed by atoms with Crippen LogP contribution in [0.3, 0.4) is 0 Å². The van der Waals surface area contributed by atoms with Crippen LogP contribution in [0.15, 0.2) is 96.4 Å². The van der Waals surface area contributed by atoms with Crippen molar-refractivity contribution in [3.63, 3.8) is 0 Å². The zero-order valence-corrected chi connectivity index (χ0v) is 15.7. The molecule has 0 bridgehead atoms. The number of nitrogens with one attached hydrogen (secondary N) is 1. The summed E-state index contributed by atoms with van der Waals surface area (Å²) >= 11 is 0. The minimum absolute atomic E-state index is 0.266. The highest BCUT2D eigenvalue weighted by Crippen LogP contribution is 2.21. The Morgan fingerprint density at radius 2 is 1.69 bits per heavy atom. The number of hydrazone groups is 1. The maximum Gasteiger partial charge on any atom is 0.271 e. The second-order valence-corrected chi connectivity index (χ2v) is 6.47. The lowest BCUT2D eigenvalue weighted by molar-refractivity contribution is 0.0955. The van der Waals surface area contributed by atoms with E-state index >= 15 is 0 Å². The van der Waals surface area contributed by atoms with Gasteiger partial charge in [0.2, 0.25) is 0 Å². The SMILES string of the molecule is O=C(N/N=C/c1ccncc1)c1ccc(COc2ccc3ccccc3c2)cc1. The Hall–Kier alpha value is -3.99. The molecule has 4 aromatic rings. The lowest BCUT2D eigenvalue weighted by atomic mass is 10.1. The van der Waals surface area contributed by atoms with Crippen molar-refractivity contribution in [1.29, 1.82) is 0 Å². The van der Waals surface area contributed by atoms with Gasteiger partial charge in [-0.15, -0.1) is 0 Å². The first-order chi connectivity index (χ1) is 14.3. The highest BCUT2D eigenvalue weighted by molar-refractivity contribution is 5.94. The van der Waals surface area contributed by atoms with E-state index in [4.69, 9.17) is 4.74 Å². The van der Waals surface area contributed by atoms with Crippen molar-refractivity contribution in [3.8, 4) is 5.75 Å². The van der Waals surface area contributed by atoms with Crippen molar-refractivity contribution in [2.75, 3.05) is 0 Å². The molecular weight excluding hydrogens is 362 g/mol. The Morgan fingerprint density at radius 1 is 0.931 bits per heavy atom. The molecule has 0 fully saturated rings. The van der Waals surface area contributed by atoms with Crippen molar-refractivity contribution in [1.82, 2.24) is 10.4 Å². The molecule has 1 aromatic heterocycles. The molecule has 1 N–H and O–H groups in total. The third-order valence-corrected chi connectivity index (χ3v) is 4.43. The normalized spacial score (nSPS) is 10.9. The molecule has 0 saturated heterocycles. The molecule has 29 heavy (non-hydrogen) atoms. The molecule has 0 unspecified atom stereocenters. The van der Waals surface area contributed by atoms with Crippen molar-refractivity contribution in [2.45, 2.75) is 6.61 Å². The van der Waals surface area contributed by atoms with E-state index in [1.165, 1.54) is 5.39 Å². The number of rotatable bonds is 6. The first-order valence-electron chi connectivity index (χ1n) is 9.22. The lowest BCUT2D eigenvalue weighted by Gasteiger charge is -2.08. The van der Waals surface area contributed by atoms with Crippen molar-refractivity contribution < 1.29 is 9.53 Å². The van der Waals surface area contributed by atoms with E-state index in [-0.39, 0.29) is 5.91 Å². The molecule has 4 rings (SSSR count). The van der Waals surface area contributed by atoms with Gasteiger partial charge in [0.25, 0.3) is 5.91 Å². The summed E-state index contributed by atoms with van der Waals surface area (Å²) in [7, 11) is 0. The monoisotopic (exact) mass is 381 g/mol. The van der Waals surface area contributed by atoms with Gasteiger partial charge in [0.1, 0.15) is 12.4 Å². The van der Waals surface area contributed by atoms with Gasteiger partial charge in [-0.05, 0) is 58.3 Å². The van der Waals surface area contributed by atoms with Crippen LogP contribution in [0, 0.1) is 0 Å². The van der Waals surface area contributed by atoms with E-state index in [1.54, 1.807) is 42.9 Å². The predicted molar refractivity (Wildman–Crippen MR) is 114 cm³/mol. The zero-order chi connectivity index (χ0) is 19.9.